The van der Waals surface area contributed by atoms with Crippen molar-refractivity contribution >= 4 is 5.91 Å². The van der Waals surface area contributed by atoms with Crippen molar-refractivity contribution in [3.8, 4) is 0 Å². The van der Waals surface area contributed by atoms with Crippen LogP contribution in [0.5, 0.6) is 0 Å². The predicted octanol–water partition coefficient (Wildman–Crippen LogP) is 2.49. The molecule has 3 N–H and O–H groups in total. The third-order valence-corrected chi connectivity index (χ3v) is 4.26. The lowest BCUT2D eigenvalue weighted by Crippen LogP contribution is -2.42. The summed E-state index contributed by atoms with van der Waals surface area (Å²) in [5.74, 6) is -0.216. The maximum atomic E-state index is 13.1. The topological polar surface area (TPSA) is 55.1 Å². The highest BCUT2D eigenvalue weighted by atomic mass is 19.1. The Bertz CT molecular complexity index is 438. The molecule has 0 bridgehead atoms. The van der Waals surface area contributed by atoms with Gasteiger partial charge in [-0.05, 0) is 30.5 Å². The van der Waals surface area contributed by atoms with Crippen LogP contribution in [0.2, 0.25) is 0 Å². The third kappa shape index (κ3) is 3.57. The average Bonchev–Trinajstić information content (AvgIpc) is 2.47. The number of amides is 1. The zero-order chi connectivity index (χ0) is 14.4. The molecule has 0 radical (unpaired) electrons. The lowest BCUT2D eigenvalue weighted by Gasteiger charge is -2.38. The number of nitrogens with one attached hydrogen (secondary N) is 1. The molecule has 0 aliphatic heterocycles. The molecule has 0 atom stereocenters. The van der Waals surface area contributed by atoms with Crippen LogP contribution in [-0.4, -0.2) is 19.0 Å². The Morgan fingerprint density at radius 2 is 1.85 bits per heavy atom. The molecule has 1 aromatic carbocycles. The Morgan fingerprint density at radius 1 is 1.20 bits per heavy atom. The minimum atomic E-state index is -0.216. The largest absolute Gasteiger partial charge is 0.355 e. The molecule has 0 aromatic heterocycles. The fourth-order valence-electron chi connectivity index (χ4n) is 3.09. The van der Waals surface area contributed by atoms with Gasteiger partial charge in [0.1, 0.15) is 5.82 Å². The van der Waals surface area contributed by atoms with Gasteiger partial charge >= 0.3 is 0 Å². The summed E-state index contributed by atoms with van der Waals surface area (Å²) in [7, 11) is 0. The highest BCUT2D eigenvalue weighted by Gasteiger charge is 2.34. The first kappa shape index (κ1) is 15.0. The van der Waals surface area contributed by atoms with Gasteiger partial charge in [-0.1, -0.05) is 31.4 Å². The molecule has 1 aromatic rings. The van der Waals surface area contributed by atoms with Gasteiger partial charge in [-0.15, -0.1) is 0 Å². The first-order chi connectivity index (χ1) is 9.66. The molecule has 1 aliphatic carbocycles. The monoisotopic (exact) mass is 278 g/mol. The summed E-state index contributed by atoms with van der Waals surface area (Å²) in [6.45, 7) is 0.993. The van der Waals surface area contributed by atoms with Crippen LogP contribution in [0.1, 0.15) is 44.1 Å². The van der Waals surface area contributed by atoms with E-state index in [0.29, 0.717) is 19.5 Å². The van der Waals surface area contributed by atoms with Crippen molar-refractivity contribution in [1.82, 2.24) is 5.32 Å². The summed E-state index contributed by atoms with van der Waals surface area (Å²) < 4.78 is 13.1. The maximum Gasteiger partial charge on any atom is 0.221 e. The normalized spacial score (nSPS) is 17.7. The number of hydrogen-bond acceptors (Lipinski definition) is 2. The van der Waals surface area contributed by atoms with Crippen molar-refractivity contribution < 1.29 is 9.18 Å². The van der Waals surface area contributed by atoms with E-state index in [-0.39, 0.29) is 17.1 Å². The molecule has 0 heterocycles. The Kier molecular flexibility index (Phi) is 5.12. The molecule has 4 heteroatoms. The lowest BCUT2D eigenvalue weighted by molar-refractivity contribution is -0.121. The molecular formula is C16H23FN2O. The van der Waals surface area contributed by atoms with Gasteiger partial charge in [0, 0.05) is 24.9 Å². The molecule has 1 fully saturated rings. The van der Waals surface area contributed by atoms with Crippen LogP contribution in [0.4, 0.5) is 4.39 Å². The van der Waals surface area contributed by atoms with E-state index in [4.69, 9.17) is 5.73 Å². The van der Waals surface area contributed by atoms with Crippen LogP contribution in [0, 0.1) is 5.82 Å². The van der Waals surface area contributed by atoms with E-state index in [1.54, 1.807) is 0 Å². The van der Waals surface area contributed by atoms with E-state index in [1.165, 1.54) is 18.6 Å². The lowest BCUT2D eigenvalue weighted by atomic mass is 9.69. The number of nitrogens with two attached hydrogens (primary N) is 1. The van der Waals surface area contributed by atoms with Crippen LogP contribution in [-0.2, 0) is 10.2 Å². The summed E-state index contributed by atoms with van der Waals surface area (Å²) in [6.07, 6.45) is 6.00. The number of rotatable bonds is 5. The van der Waals surface area contributed by atoms with Gasteiger partial charge in [0.2, 0.25) is 5.91 Å². The van der Waals surface area contributed by atoms with Gasteiger partial charge in [-0.2, -0.15) is 0 Å². The van der Waals surface area contributed by atoms with Crippen LogP contribution >= 0.6 is 0 Å². The quantitative estimate of drug-likeness (QED) is 0.869. The summed E-state index contributed by atoms with van der Waals surface area (Å²) in [5.41, 5.74) is 6.48. The number of carbonyl (C=O) groups is 1. The van der Waals surface area contributed by atoms with Crippen LogP contribution in [0.25, 0.3) is 0 Å². The minimum Gasteiger partial charge on any atom is -0.355 e. The predicted molar refractivity (Wildman–Crippen MR) is 77.8 cm³/mol. The Hall–Kier alpha value is -1.42. The molecule has 110 valence electrons. The van der Waals surface area contributed by atoms with E-state index in [9.17, 15) is 9.18 Å². The van der Waals surface area contributed by atoms with Crippen molar-refractivity contribution in [2.45, 2.75) is 43.9 Å². The van der Waals surface area contributed by atoms with E-state index in [0.717, 1.165) is 31.2 Å². The van der Waals surface area contributed by atoms with E-state index >= 15 is 0 Å². The van der Waals surface area contributed by atoms with Crippen molar-refractivity contribution in [2.24, 2.45) is 5.73 Å². The first-order valence-electron chi connectivity index (χ1n) is 7.39. The van der Waals surface area contributed by atoms with Crippen LogP contribution in [0.15, 0.2) is 24.3 Å². The molecule has 1 saturated carbocycles. The smallest absolute Gasteiger partial charge is 0.221 e. The second kappa shape index (κ2) is 6.84. The summed E-state index contributed by atoms with van der Waals surface area (Å²) in [6, 6.07) is 6.73. The van der Waals surface area contributed by atoms with E-state index < -0.39 is 0 Å². The highest BCUT2D eigenvalue weighted by molar-refractivity contribution is 5.76. The highest BCUT2D eigenvalue weighted by Crippen LogP contribution is 2.39. The molecular weight excluding hydrogens is 255 g/mol. The zero-order valence-corrected chi connectivity index (χ0v) is 11.8. The Balaban J connectivity index is 2.12. The standard InChI is InChI=1S/C16H23FN2O/c17-14-6-4-13(5-7-14)16(9-2-1-3-10-16)12-19-15(20)8-11-18/h4-7H,1-3,8-12,18H2,(H,19,20). The second-order valence-corrected chi connectivity index (χ2v) is 5.66. The fraction of sp³-hybridized carbons (Fsp3) is 0.562. The molecule has 1 aliphatic rings. The summed E-state index contributed by atoms with van der Waals surface area (Å²) in [5, 5.41) is 2.99. The van der Waals surface area contributed by atoms with E-state index in [1.807, 2.05) is 12.1 Å². The molecule has 0 saturated heterocycles. The average molecular weight is 278 g/mol. The number of benzene rings is 1. The van der Waals surface area contributed by atoms with E-state index in [2.05, 4.69) is 5.32 Å². The van der Waals surface area contributed by atoms with Crippen LogP contribution in [0.3, 0.4) is 0 Å². The minimum absolute atomic E-state index is 0.000407. The Morgan fingerprint density at radius 3 is 2.45 bits per heavy atom. The van der Waals surface area contributed by atoms with Gasteiger partial charge in [0.15, 0.2) is 0 Å². The fourth-order valence-corrected chi connectivity index (χ4v) is 3.09. The zero-order valence-electron chi connectivity index (χ0n) is 11.8. The molecule has 0 spiro atoms. The molecule has 2 rings (SSSR count). The molecule has 1 amide bonds. The number of hydrogen-bond donors (Lipinski definition) is 2. The van der Waals surface area contributed by atoms with Gasteiger partial charge in [0.25, 0.3) is 0 Å². The van der Waals surface area contributed by atoms with Gasteiger partial charge in [-0.25, -0.2) is 4.39 Å². The first-order valence-corrected chi connectivity index (χ1v) is 7.39. The van der Waals surface area contributed by atoms with Gasteiger partial charge in [0.05, 0.1) is 0 Å². The molecule has 20 heavy (non-hydrogen) atoms. The van der Waals surface area contributed by atoms with Gasteiger partial charge in [-0.3, -0.25) is 4.79 Å². The van der Waals surface area contributed by atoms with Crippen molar-refractivity contribution in [3.63, 3.8) is 0 Å². The van der Waals surface area contributed by atoms with Crippen molar-refractivity contribution in [1.29, 1.82) is 0 Å². The third-order valence-electron chi connectivity index (χ3n) is 4.26. The van der Waals surface area contributed by atoms with Crippen LogP contribution < -0.4 is 11.1 Å². The summed E-state index contributed by atoms with van der Waals surface area (Å²) in [4.78, 5) is 11.7. The Labute approximate surface area is 119 Å². The number of carbonyl (C=O) groups excluding carboxylic acids is 1. The molecule has 0 unspecified atom stereocenters. The van der Waals surface area contributed by atoms with Gasteiger partial charge < -0.3 is 11.1 Å². The van der Waals surface area contributed by atoms with Crippen molar-refractivity contribution in [3.05, 3.63) is 35.6 Å². The maximum absolute atomic E-state index is 13.1. The van der Waals surface area contributed by atoms with Crippen molar-refractivity contribution in [2.75, 3.05) is 13.1 Å². The number of halogens is 1. The summed E-state index contributed by atoms with van der Waals surface area (Å²) >= 11 is 0. The SMILES string of the molecule is NCCC(=O)NCC1(c2ccc(F)cc2)CCCCC1. The second-order valence-electron chi connectivity index (χ2n) is 5.66. The molecule has 3 nitrogen and oxygen atoms in total.